The first kappa shape index (κ1) is 19.0. The number of nitrogens with zero attached hydrogens (tertiary/aromatic N) is 3. The summed E-state index contributed by atoms with van der Waals surface area (Å²) in [4.78, 5) is 23.2. The fourth-order valence-electron chi connectivity index (χ4n) is 2.14. The molecule has 0 spiro atoms. The third kappa shape index (κ3) is 5.60. The molecule has 0 bridgehead atoms. The van der Waals surface area contributed by atoms with Crippen molar-refractivity contribution in [2.45, 2.75) is 31.8 Å². The zero-order valence-corrected chi connectivity index (χ0v) is 15.5. The van der Waals surface area contributed by atoms with E-state index in [9.17, 15) is 9.59 Å². The SMILES string of the molecule is CCNC(=O)CNC(=O)CSc1nncn1-c1ccc(C(C)C)cc1. The van der Waals surface area contributed by atoms with Crippen molar-refractivity contribution < 1.29 is 9.59 Å². The third-order valence-electron chi connectivity index (χ3n) is 3.51. The van der Waals surface area contributed by atoms with Gasteiger partial charge in [0.25, 0.3) is 0 Å². The lowest BCUT2D eigenvalue weighted by Gasteiger charge is -2.09. The summed E-state index contributed by atoms with van der Waals surface area (Å²) >= 11 is 1.28. The highest BCUT2D eigenvalue weighted by atomic mass is 32.2. The highest BCUT2D eigenvalue weighted by Gasteiger charge is 2.11. The van der Waals surface area contributed by atoms with Gasteiger partial charge in [0.2, 0.25) is 11.8 Å². The number of likely N-dealkylation sites (N-methyl/N-ethyl adjacent to an activating group) is 1. The Bertz CT molecular complexity index is 712. The number of aromatic nitrogens is 3. The van der Waals surface area contributed by atoms with Gasteiger partial charge < -0.3 is 10.6 Å². The molecule has 1 aromatic carbocycles. The van der Waals surface area contributed by atoms with Gasteiger partial charge in [0.1, 0.15) is 6.33 Å². The molecule has 0 saturated carbocycles. The van der Waals surface area contributed by atoms with Gasteiger partial charge in [-0.2, -0.15) is 0 Å². The first-order chi connectivity index (χ1) is 12.0. The summed E-state index contributed by atoms with van der Waals surface area (Å²) < 4.78 is 1.84. The summed E-state index contributed by atoms with van der Waals surface area (Å²) in [5, 5.41) is 13.8. The normalized spacial score (nSPS) is 10.7. The number of hydrogen-bond donors (Lipinski definition) is 2. The molecule has 0 aliphatic rings. The maximum atomic E-state index is 11.8. The first-order valence-electron chi connectivity index (χ1n) is 8.17. The standard InChI is InChI=1S/C17H23N5O2S/c1-4-18-15(23)9-19-16(24)10-25-17-21-20-11-22(17)14-7-5-13(6-8-14)12(2)3/h5-8,11-12H,4,9-10H2,1-3H3,(H,18,23)(H,19,24). The summed E-state index contributed by atoms with van der Waals surface area (Å²) in [7, 11) is 0. The monoisotopic (exact) mass is 361 g/mol. The lowest BCUT2D eigenvalue weighted by molar-refractivity contribution is -0.124. The van der Waals surface area contributed by atoms with Crippen molar-refractivity contribution in [1.29, 1.82) is 0 Å². The number of carbonyl (C=O) groups is 2. The Kier molecular flexibility index (Phi) is 7.00. The van der Waals surface area contributed by atoms with Gasteiger partial charge in [-0.3, -0.25) is 14.2 Å². The summed E-state index contributed by atoms with van der Waals surface area (Å²) in [6, 6.07) is 8.18. The summed E-state index contributed by atoms with van der Waals surface area (Å²) in [5.74, 6) is 0.218. The van der Waals surface area contributed by atoms with Crippen molar-refractivity contribution >= 4 is 23.6 Å². The quantitative estimate of drug-likeness (QED) is 0.699. The van der Waals surface area contributed by atoms with E-state index in [1.54, 1.807) is 6.33 Å². The number of nitrogens with one attached hydrogen (secondary N) is 2. The molecular formula is C17H23N5O2S. The molecule has 2 rings (SSSR count). The lowest BCUT2D eigenvalue weighted by Crippen LogP contribution is -2.37. The molecule has 25 heavy (non-hydrogen) atoms. The molecule has 2 amide bonds. The van der Waals surface area contributed by atoms with Crippen LogP contribution in [0, 0.1) is 0 Å². The Balaban J connectivity index is 1.93. The van der Waals surface area contributed by atoms with Gasteiger partial charge in [-0.1, -0.05) is 37.7 Å². The van der Waals surface area contributed by atoms with Crippen LogP contribution in [0.4, 0.5) is 0 Å². The zero-order valence-electron chi connectivity index (χ0n) is 14.7. The van der Waals surface area contributed by atoms with E-state index in [1.165, 1.54) is 17.3 Å². The first-order valence-corrected chi connectivity index (χ1v) is 9.16. The van der Waals surface area contributed by atoms with Crippen LogP contribution < -0.4 is 10.6 Å². The summed E-state index contributed by atoms with van der Waals surface area (Å²) in [6.07, 6.45) is 1.62. The molecule has 0 atom stereocenters. The minimum Gasteiger partial charge on any atom is -0.355 e. The van der Waals surface area contributed by atoms with Gasteiger partial charge in [-0.05, 0) is 30.5 Å². The van der Waals surface area contributed by atoms with Crippen molar-refractivity contribution in [3.8, 4) is 5.69 Å². The van der Waals surface area contributed by atoms with Crippen molar-refractivity contribution in [3.63, 3.8) is 0 Å². The Hall–Kier alpha value is -2.35. The molecular weight excluding hydrogens is 338 g/mol. The second-order valence-electron chi connectivity index (χ2n) is 5.75. The number of hydrogen-bond acceptors (Lipinski definition) is 5. The molecule has 0 unspecified atom stereocenters. The summed E-state index contributed by atoms with van der Waals surface area (Å²) in [5.41, 5.74) is 2.20. The Morgan fingerprint density at radius 3 is 2.52 bits per heavy atom. The molecule has 0 saturated heterocycles. The van der Waals surface area contributed by atoms with Gasteiger partial charge in [-0.15, -0.1) is 10.2 Å². The summed E-state index contributed by atoms with van der Waals surface area (Å²) in [6.45, 7) is 6.65. The van der Waals surface area contributed by atoms with Gasteiger partial charge in [-0.25, -0.2) is 0 Å². The molecule has 2 aromatic rings. The van der Waals surface area contributed by atoms with Crippen LogP contribution >= 0.6 is 11.8 Å². The van der Waals surface area contributed by atoms with E-state index in [-0.39, 0.29) is 24.1 Å². The van der Waals surface area contributed by atoms with E-state index >= 15 is 0 Å². The number of amides is 2. The van der Waals surface area contributed by atoms with Crippen LogP contribution in [0.5, 0.6) is 0 Å². The fraction of sp³-hybridized carbons (Fsp3) is 0.412. The van der Waals surface area contributed by atoms with E-state index in [2.05, 4.69) is 46.8 Å². The minimum atomic E-state index is -0.221. The van der Waals surface area contributed by atoms with Crippen molar-refractivity contribution in [3.05, 3.63) is 36.2 Å². The number of carbonyl (C=O) groups excluding carboxylic acids is 2. The smallest absolute Gasteiger partial charge is 0.239 e. The second-order valence-corrected chi connectivity index (χ2v) is 6.69. The Morgan fingerprint density at radius 2 is 1.88 bits per heavy atom. The Labute approximate surface area is 151 Å². The van der Waals surface area contributed by atoms with Gasteiger partial charge in [0.05, 0.1) is 12.3 Å². The molecule has 7 nitrogen and oxygen atoms in total. The Morgan fingerprint density at radius 1 is 1.16 bits per heavy atom. The molecule has 134 valence electrons. The van der Waals surface area contributed by atoms with E-state index in [0.29, 0.717) is 17.6 Å². The van der Waals surface area contributed by atoms with Crippen LogP contribution in [0.3, 0.4) is 0 Å². The average Bonchev–Trinajstić information content (AvgIpc) is 3.07. The number of thioether (sulfide) groups is 1. The maximum Gasteiger partial charge on any atom is 0.239 e. The zero-order chi connectivity index (χ0) is 18.2. The van der Waals surface area contributed by atoms with Gasteiger partial charge in [0.15, 0.2) is 5.16 Å². The highest BCUT2D eigenvalue weighted by molar-refractivity contribution is 7.99. The molecule has 8 heteroatoms. The number of rotatable bonds is 8. The fourth-order valence-corrected chi connectivity index (χ4v) is 2.90. The van der Waals surface area contributed by atoms with Crippen molar-refractivity contribution in [2.24, 2.45) is 0 Å². The van der Waals surface area contributed by atoms with Crippen molar-refractivity contribution in [1.82, 2.24) is 25.4 Å². The minimum absolute atomic E-state index is 0.0173. The molecule has 0 aliphatic carbocycles. The van der Waals surface area contributed by atoms with Crippen molar-refractivity contribution in [2.75, 3.05) is 18.8 Å². The molecule has 0 aliphatic heterocycles. The van der Waals surface area contributed by atoms with Crippen LogP contribution in [0.2, 0.25) is 0 Å². The van der Waals surface area contributed by atoms with Crippen LogP contribution in [-0.4, -0.2) is 45.4 Å². The van der Waals surface area contributed by atoms with Crippen LogP contribution in [0.25, 0.3) is 5.69 Å². The van der Waals surface area contributed by atoms with E-state index in [1.807, 2.05) is 23.6 Å². The van der Waals surface area contributed by atoms with Gasteiger partial charge >= 0.3 is 0 Å². The molecule has 2 N–H and O–H groups in total. The van der Waals surface area contributed by atoms with E-state index in [0.717, 1.165) is 5.69 Å². The molecule has 1 heterocycles. The molecule has 0 fully saturated rings. The van der Waals surface area contributed by atoms with Crippen LogP contribution in [0.1, 0.15) is 32.3 Å². The highest BCUT2D eigenvalue weighted by Crippen LogP contribution is 2.21. The molecule has 1 aromatic heterocycles. The van der Waals surface area contributed by atoms with Crippen LogP contribution in [0.15, 0.2) is 35.7 Å². The van der Waals surface area contributed by atoms with E-state index < -0.39 is 0 Å². The molecule has 0 radical (unpaired) electrons. The third-order valence-corrected chi connectivity index (χ3v) is 4.45. The van der Waals surface area contributed by atoms with Crippen LogP contribution in [-0.2, 0) is 9.59 Å². The maximum absolute atomic E-state index is 11.8. The topological polar surface area (TPSA) is 88.9 Å². The van der Waals surface area contributed by atoms with Gasteiger partial charge in [0, 0.05) is 12.2 Å². The lowest BCUT2D eigenvalue weighted by atomic mass is 10.0. The largest absolute Gasteiger partial charge is 0.355 e. The average molecular weight is 361 g/mol. The predicted octanol–water partition coefficient (Wildman–Crippen LogP) is 1.74. The predicted molar refractivity (Wildman–Crippen MR) is 97.9 cm³/mol. The second kappa shape index (κ2) is 9.22. The van der Waals surface area contributed by atoms with E-state index in [4.69, 9.17) is 0 Å². The number of benzene rings is 1.